The zero-order valence-corrected chi connectivity index (χ0v) is 17.7. The maximum absolute atomic E-state index is 13.6. The number of methoxy groups -OCH3 is 1. The van der Waals surface area contributed by atoms with E-state index in [0.29, 0.717) is 16.4 Å². The molecular weight excluding hydrogens is 404 g/mol. The molecule has 4 rings (SSSR count). The summed E-state index contributed by atoms with van der Waals surface area (Å²) in [5.74, 6) is 0.490. The largest absolute Gasteiger partial charge is 0.495 e. The third-order valence-corrected chi connectivity index (χ3v) is 7.37. The third kappa shape index (κ3) is 3.83. The average molecular weight is 425 g/mol. The first kappa shape index (κ1) is 19.4. The number of benzene rings is 3. The quantitative estimate of drug-likeness (QED) is 0.437. The van der Waals surface area contributed by atoms with Gasteiger partial charge in [-0.2, -0.15) is 0 Å². The van der Waals surface area contributed by atoms with Gasteiger partial charge in [-0.15, -0.1) is 11.3 Å². The molecule has 0 aliphatic heterocycles. The standard InChI is InChI=1S/C22H20N2O3S2/c1-16-11-13-17(14-12-16)29(25,26)24(19-8-4-5-9-20(19)27-2)15-22-23-18-7-3-6-10-21(18)28-22/h3-14H,15H2,1-2H3. The fraction of sp³-hybridized carbons (Fsp3) is 0.136. The van der Waals surface area contributed by atoms with Crippen LogP contribution in [0.25, 0.3) is 10.2 Å². The van der Waals surface area contributed by atoms with Crippen LogP contribution in [0.2, 0.25) is 0 Å². The second-order valence-electron chi connectivity index (χ2n) is 6.57. The van der Waals surface area contributed by atoms with Crippen LogP contribution in [0.15, 0.2) is 77.7 Å². The van der Waals surface area contributed by atoms with E-state index in [1.165, 1.54) is 22.8 Å². The number of rotatable bonds is 6. The SMILES string of the molecule is COc1ccccc1N(Cc1nc2ccccc2s1)S(=O)(=O)c1ccc(C)cc1. The van der Waals surface area contributed by atoms with Gasteiger partial charge in [0, 0.05) is 0 Å². The second-order valence-corrected chi connectivity index (χ2v) is 9.55. The van der Waals surface area contributed by atoms with Gasteiger partial charge in [-0.1, -0.05) is 42.0 Å². The minimum absolute atomic E-state index is 0.121. The van der Waals surface area contributed by atoms with Gasteiger partial charge in [0.2, 0.25) is 0 Å². The van der Waals surface area contributed by atoms with Gasteiger partial charge in [-0.25, -0.2) is 13.4 Å². The third-order valence-electron chi connectivity index (χ3n) is 4.58. The lowest BCUT2D eigenvalue weighted by Crippen LogP contribution is -2.31. The maximum atomic E-state index is 13.6. The van der Waals surface area contributed by atoms with Crippen molar-refractivity contribution in [2.75, 3.05) is 11.4 Å². The number of thiazole rings is 1. The zero-order valence-electron chi connectivity index (χ0n) is 16.1. The van der Waals surface area contributed by atoms with Crippen LogP contribution in [0, 0.1) is 6.92 Å². The number of para-hydroxylation sites is 3. The molecule has 29 heavy (non-hydrogen) atoms. The highest BCUT2D eigenvalue weighted by Crippen LogP contribution is 2.35. The predicted octanol–water partition coefficient (Wildman–Crippen LogP) is 5.01. The summed E-state index contributed by atoms with van der Waals surface area (Å²) in [5, 5.41) is 0.716. The molecule has 0 atom stereocenters. The fourth-order valence-corrected chi connectivity index (χ4v) is 5.56. The lowest BCUT2D eigenvalue weighted by molar-refractivity contribution is 0.415. The van der Waals surface area contributed by atoms with Crippen molar-refractivity contribution < 1.29 is 13.2 Å². The molecule has 0 saturated heterocycles. The van der Waals surface area contributed by atoms with Gasteiger partial charge < -0.3 is 4.74 Å². The normalized spacial score (nSPS) is 11.5. The molecule has 4 aromatic rings. The zero-order chi connectivity index (χ0) is 20.4. The number of hydrogen-bond acceptors (Lipinski definition) is 5. The molecule has 5 nitrogen and oxygen atoms in total. The van der Waals surface area contributed by atoms with Crippen molar-refractivity contribution >= 4 is 37.3 Å². The van der Waals surface area contributed by atoms with Crippen LogP contribution >= 0.6 is 11.3 Å². The summed E-state index contributed by atoms with van der Waals surface area (Å²) in [4.78, 5) is 4.86. The number of nitrogens with zero attached hydrogens (tertiary/aromatic N) is 2. The summed E-state index contributed by atoms with van der Waals surface area (Å²) in [5.41, 5.74) is 2.34. The Morgan fingerprint density at radius 1 is 0.966 bits per heavy atom. The predicted molar refractivity (Wildman–Crippen MR) is 117 cm³/mol. The summed E-state index contributed by atoms with van der Waals surface area (Å²) in [6, 6.07) is 21.8. The maximum Gasteiger partial charge on any atom is 0.264 e. The fourth-order valence-electron chi connectivity index (χ4n) is 3.08. The molecule has 148 valence electrons. The van der Waals surface area contributed by atoms with Crippen molar-refractivity contribution in [2.24, 2.45) is 0 Å². The molecule has 3 aromatic carbocycles. The van der Waals surface area contributed by atoms with Crippen molar-refractivity contribution in [3.05, 3.63) is 83.4 Å². The van der Waals surface area contributed by atoms with Crippen molar-refractivity contribution in [3.63, 3.8) is 0 Å². The first-order chi connectivity index (χ1) is 14.0. The number of hydrogen-bond donors (Lipinski definition) is 0. The first-order valence-corrected chi connectivity index (χ1v) is 11.3. The van der Waals surface area contributed by atoms with Crippen LogP contribution in [-0.2, 0) is 16.6 Å². The van der Waals surface area contributed by atoms with Gasteiger partial charge in [0.1, 0.15) is 10.8 Å². The van der Waals surface area contributed by atoms with Crippen LogP contribution in [-0.4, -0.2) is 20.5 Å². The first-order valence-electron chi connectivity index (χ1n) is 9.06. The molecule has 1 aromatic heterocycles. The number of aryl methyl sites for hydroxylation is 1. The number of ether oxygens (including phenoxy) is 1. The van der Waals surface area contributed by atoms with E-state index in [9.17, 15) is 8.42 Å². The molecule has 0 spiro atoms. The van der Waals surface area contributed by atoms with Gasteiger partial charge in [-0.3, -0.25) is 4.31 Å². The molecule has 0 unspecified atom stereocenters. The van der Waals surface area contributed by atoms with E-state index in [1.54, 1.807) is 42.5 Å². The molecule has 0 fully saturated rings. The summed E-state index contributed by atoms with van der Waals surface area (Å²) in [7, 11) is -2.28. The summed E-state index contributed by atoms with van der Waals surface area (Å²) < 4.78 is 35.0. The Balaban J connectivity index is 1.83. The molecule has 0 aliphatic rings. The van der Waals surface area contributed by atoms with E-state index >= 15 is 0 Å². The Kier molecular flexibility index (Phi) is 5.25. The van der Waals surface area contributed by atoms with E-state index in [0.717, 1.165) is 15.8 Å². The molecule has 0 amide bonds. The summed E-state index contributed by atoms with van der Waals surface area (Å²) >= 11 is 1.49. The molecule has 0 bridgehead atoms. The number of fused-ring (bicyclic) bond motifs is 1. The highest BCUT2D eigenvalue weighted by atomic mass is 32.2. The van der Waals surface area contributed by atoms with Crippen LogP contribution < -0.4 is 9.04 Å². The Morgan fingerprint density at radius 3 is 2.38 bits per heavy atom. The molecule has 0 aliphatic carbocycles. The number of anilines is 1. The molecule has 0 radical (unpaired) electrons. The molecule has 0 saturated carbocycles. The Bertz CT molecular complexity index is 1220. The van der Waals surface area contributed by atoms with Crippen LogP contribution in [0.4, 0.5) is 5.69 Å². The monoisotopic (exact) mass is 424 g/mol. The average Bonchev–Trinajstić information content (AvgIpc) is 3.15. The van der Waals surface area contributed by atoms with Crippen molar-refractivity contribution in [3.8, 4) is 5.75 Å². The van der Waals surface area contributed by atoms with E-state index in [4.69, 9.17) is 4.74 Å². The number of sulfonamides is 1. The van der Waals surface area contributed by atoms with Gasteiger partial charge >= 0.3 is 0 Å². The lowest BCUT2D eigenvalue weighted by atomic mass is 10.2. The molecule has 7 heteroatoms. The Hall–Kier alpha value is -2.90. The Morgan fingerprint density at radius 2 is 1.66 bits per heavy atom. The van der Waals surface area contributed by atoms with Gasteiger partial charge in [0.15, 0.2) is 0 Å². The van der Waals surface area contributed by atoms with Crippen molar-refractivity contribution in [2.45, 2.75) is 18.4 Å². The smallest absolute Gasteiger partial charge is 0.264 e. The van der Waals surface area contributed by atoms with Gasteiger partial charge in [-0.05, 0) is 43.3 Å². The van der Waals surface area contributed by atoms with E-state index in [1.807, 2.05) is 37.3 Å². The molecular formula is C22H20N2O3S2. The van der Waals surface area contributed by atoms with Crippen LogP contribution in [0.1, 0.15) is 10.6 Å². The topological polar surface area (TPSA) is 59.5 Å². The van der Waals surface area contributed by atoms with Crippen molar-refractivity contribution in [1.29, 1.82) is 0 Å². The molecule has 1 heterocycles. The molecule has 0 N–H and O–H groups in total. The van der Waals surface area contributed by atoms with Crippen molar-refractivity contribution in [1.82, 2.24) is 4.98 Å². The van der Waals surface area contributed by atoms with Crippen LogP contribution in [0.3, 0.4) is 0 Å². The second kappa shape index (κ2) is 7.85. The van der Waals surface area contributed by atoms with E-state index in [2.05, 4.69) is 4.98 Å². The lowest BCUT2D eigenvalue weighted by Gasteiger charge is -2.25. The van der Waals surface area contributed by atoms with Crippen LogP contribution in [0.5, 0.6) is 5.75 Å². The summed E-state index contributed by atoms with van der Waals surface area (Å²) in [6.07, 6.45) is 0. The Labute approximate surface area is 174 Å². The minimum Gasteiger partial charge on any atom is -0.495 e. The minimum atomic E-state index is -3.82. The highest BCUT2D eigenvalue weighted by Gasteiger charge is 2.28. The number of aromatic nitrogens is 1. The van der Waals surface area contributed by atoms with E-state index in [-0.39, 0.29) is 11.4 Å². The van der Waals surface area contributed by atoms with Gasteiger partial charge in [0.05, 0.1) is 34.5 Å². The van der Waals surface area contributed by atoms with Gasteiger partial charge in [0.25, 0.3) is 10.0 Å². The summed E-state index contributed by atoms with van der Waals surface area (Å²) in [6.45, 7) is 2.05. The highest BCUT2D eigenvalue weighted by molar-refractivity contribution is 7.92. The van der Waals surface area contributed by atoms with E-state index < -0.39 is 10.0 Å².